The second-order valence-electron chi connectivity index (χ2n) is 7.12. The van der Waals surface area contributed by atoms with Gasteiger partial charge in [-0.2, -0.15) is 0 Å². The summed E-state index contributed by atoms with van der Waals surface area (Å²) in [5.41, 5.74) is 3.12. The number of carbonyl (C=O) groups excluding carboxylic acids is 2. The molecule has 1 N–H and O–H groups in total. The Hall–Kier alpha value is -3.19. The van der Waals surface area contributed by atoms with Crippen LogP contribution in [0, 0.1) is 27.7 Å². The standard InChI is InChI=1S/C22H20N2O4S/c1-11-7-8-15(12(2)10-11)24-18(16-6-5-9-28-16)17(20(26)22(24)27)19(25)21-13(3)23-14(4)29-21/h5-10,18,26H,1-4H3. The zero-order valence-corrected chi connectivity index (χ0v) is 17.3. The van der Waals surface area contributed by atoms with Gasteiger partial charge in [0.05, 0.1) is 27.4 Å². The van der Waals surface area contributed by atoms with Gasteiger partial charge in [-0.1, -0.05) is 17.7 Å². The molecule has 2 aromatic heterocycles. The van der Waals surface area contributed by atoms with E-state index in [1.807, 2.05) is 39.0 Å². The molecule has 1 unspecified atom stereocenters. The molecule has 7 heteroatoms. The lowest BCUT2D eigenvalue weighted by Crippen LogP contribution is -2.31. The lowest BCUT2D eigenvalue weighted by atomic mass is 9.98. The summed E-state index contributed by atoms with van der Waals surface area (Å²) in [5, 5.41) is 11.5. The normalized spacial score (nSPS) is 16.8. The number of aliphatic hydroxyl groups is 1. The van der Waals surface area contributed by atoms with Crippen LogP contribution in [0.15, 0.2) is 52.3 Å². The molecule has 6 nitrogen and oxygen atoms in total. The Kier molecular flexibility index (Phi) is 4.62. The third kappa shape index (κ3) is 3.07. The fraction of sp³-hybridized carbons (Fsp3) is 0.227. The molecule has 0 spiro atoms. The number of anilines is 1. The number of hydrogen-bond donors (Lipinski definition) is 1. The van der Waals surface area contributed by atoms with Crippen LogP contribution in [0.3, 0.4) is 0 Å². The first-order chi connectivity index (χ1) is 13.8. The number of nitrogens with zero attached hydrogens (tertiary/aromatic N) is 2. The highest BCUT2D eigenvalue weighted by Gasteiger charge is 2.47. The van der Waals surface area contributed by atoms with Crippen LogP contribution in [0.2, 0.25) is 0 Å². The number of carbonyl (C=O) groups is 2. The van der Waals surface area contributed by atoms with Crippen molar-refractivity contribution in [3.63, 3.8) is 0 Å². The number of rotatable bonds is 4. The second-order valence-corrected chi connectivity index (χ2v) is 8.33. The number of aliphatic hydroxyl groups excluding tert-OH is 1. The van der Waals surface area contributed by atoms with Crippen molar-refractivity contribution in [3.05, 3.63) is 80.4 Å². The fourth-order valence-corrected chi connectivity index (χ4v) is 4.62. The molecule has 0 saturated carbocycles. The van der Waals surface area contributed by atoms with Crippen LogP contribution >= 0.6 is 11.3 Å². The van der Waals surface area contributed by atoms with Crippen molar-refractivity contribution in [2.24, 2.45) is 0 Å². The van der Waals surface area contributed by atoms with Gasteiger partial charge < -0.3 is 9.52 Å². The minimum atomic E-state index is -0.854. The molecule has 1 aliphatic heterocycles. The molecule has 0 fully saturated rings. The van der Waals surface area contributed by atoms with E-state index in [4.69, 9.17) is 4.42 Å². The summed E-state index contributed by atoms with van der Waals surface area (Å²) >= 11 is 1.25. The van der Waals surface area contributed by atoms with Crippen molar-refractivity contribution in [2.45, 2.75) is 33.7 Å². The average Bonchev–Trinajstić information content (AvgIpc) is 3.35. The number of aryl methyl sites for hydroxylation is 4. The Bertz CT molecular complexity index is 1160. The van der Waals surface area contributed by atoms with Crippen LogP contribution in [-0.2, 0) is 4.79 Å². The van der Waals surface area contributed by atoms with E-state index in [9.17, 15) is 14.7 Å². The quantitative estimate of drug-likeness (QED) is 0.630. The highest BCUT2D eigenvalue weighted by atomic mass is 32.1. The Morgan fingerprint density at radius 3 is 2.55 bits per heavy atom. The number of furan rings is 1. The maximum absolute atomic E-state index is 13.4. The lowest BCUT2D eigenvalue weighted by Gasteiger charge is -2.26. The van der Waals surface area contributed by atoms with E-state index in [-0.39, 0.29) is 5.57 Å². The van der Waals surface area contributed by atoms with Crippen LogP contribution in [-0.4, -0.2) is 21.8 Å². The molecule has 3 heterocycles. The van der Waals surface area contributed by atoms with Crippen LogP contribution in [0.25, 0.3) is 0 Å². The van der Waals surface area contributed by atoms with Gasteiger partial charge in [0.1, 0.15) is 11.8 Å². The lowest BCUT2D eigenvalue weighted by molar-refractivity contribution is -0.117. The third-order valence-corrected chi connectivity index (χ3v) is 6.06. The summed E-state index contributed by atoms with van der Waals surface area (Å²) in [5.74, 6) is -1.18. The van der Waals surface area contributed by atoms with Gasteiger partial charge in [-0.05, 0) is 51.5 Å². The Morgan fingerprint density at radius 1 is 1.21 bits per heavy atom. The first-order valence-corrected chi connectivity index (χ1v) is 9.97. The minimum Gasteiger partial charge on any atom is -0.503 e. The van der Waals surface area contributed by atoms with E-state index in [1.165, 1.54) is 22.5 Å². The number of thiazole rings is 1. The van der Waals surface area contributed by atoms with Gasteiger partial charge in [-0.15, -0.1) is 11.3 Å². The van der Waals surface area contributed by atoms with Crippen LogP contribution in [0.1, 0.15) is 43.3 Å². The number of amides is 1. The number of benzene rings is 1. The van der Waals surface area contributed by atoms with Gasteiger partial charge in [0.15, 0.2) is 5.76 Å². The highest BCUT2D eigenvalue weighted by Crippen LogP contribution is 2.43. The molecular formula is C22H20N2O4S. The number of ketones is 1. The zero-order chi connectivity index (χ0) is 20.9. The molecule has 29 heavy (non-hydrogen) atoms. The molecule has 0 saturated heterocycles. The highest BCUT2D eigenvalue weighted by molar-refractivity contribution is 7.14. The van der Waals surface area contributed by atoms with Crippen molar-refractivity contribution >= 4 is 28.7 Å². The van der Waals surface area contributed by atoms with Gasteiger partial charge in [-0.25, -0.2) is 4.98 Å². The van der Waals surface area contributed by atoms with Crippen LogP contribution in [0.5, 0.6) is 0 Å². The van der Waals surface area contributed by atoms with Gasteiger partial charge in [0.2, 0.25) is 5.78 Å². The number of hydrogen-bond acceptors (Lipinski definition) is 6. The Balaban J connectivity index is 1.89. The maximum atomic E-state index is 13.4. The molecule has 1 aromatic carbocycles. The molecular weight excluding hydrogens is 388 g/mol. The molecule has 0 aliphatic carbocycles. The number of Topliss-reactive ketones (excluding diaryl/α,β-unsaturated/α-hetero) is 1. The molecule has 1 aliphatic rings. The van der Waals surface area contributed by atoms with Crippen molar-refractivity contribution in [1.29, 1.82) is 0 Å². The first-order valence-electron chi connectivity index (χ1n) is 9.15. The third-order valence-electron chi connectivity index (χ3n) is 4.99. The van der Waals surface area contributed by atoms with E-state index in [0.29, 0.717) is 22.0 Å². The van der Waals surface area contributed by atoms with Crippen molar-refractivity contribution < 1.29 is 19.1 Å². The predicted molar refractivity (Wildman–Crippen MR) is 110 cm³/mol. The van der Waals surface area contributed by atoms with Gasteiger partial charge in [0.25, 0.3) is 5.91 Å². The first kappa shape index (κ1) is 19.1. The van der Waals surface area contributed by atoms with E-state index in [2.05, 4.69) is 4.98 Å². The molecule has 3 aromatic rings. The van der Waals surface area contributed by atoms with Crippen LogP contribution < -0.4 is 4.90 Å². The second kappa shape index (κ2) is 7.00. The largest absolute Gasteiger partial charge is 0.503 e. The van der Waals surface area contributed by atoms with Crippen molar-refractivity contribution in [3.8, 4) is 0 Å². The monoisotopic (exact) mass is 408 g/mol. The summed E-state index contributed by atoms with van der Waals surface area (Å²) in [7, 11) is 0. The van der Waals surface area contributed by atoms with Gasteiger partial charge in [0, 0.05) is 5.69 Å². The molecule has 148 valence electrons. The van der Waals surface area contributed by atoms with Gasteiger partial charge >= 0.3 is 0 Å². The summed E-state index contributed by atoms with van der Waals surface area (Å²) in [4.78, 5) is 32.6. The average molecular weight is 408 g/mol. The summed E-state index contributed by atoms with van der Waals surface area (Å²) in [6.45, 7) is 7.41. The fourth-order valence-electron chi connectivity index (χ4n) is 3.74. The summed E-state index contributed by atoms with van der Waals surface area (Å²) < 4.78 is 5.58. The predicted octanol–water partition coefficient (Wildman–Crippen LogP) is 4.75. The van der Waals surface area contributed by atoms with Gasteiger partial charge in [-0.3, -0.25) is 14.5 Å². The van der Waals surface area contributed by atoms with Crippen LogP contribution in [0.4, 0.5) is 5.69 Å². The Morgan fingerprint density at radius 2 is 1.97 bits per heavy atom. The Labute approximate surface area is 172 Å². The topological polar surface area (TPSA) is 83.6 Å². The van der Waals surface area contributed by atoms with E-state index in [1.54, 1.807) is 19.1 Å². The summed E-state index contributed by atoms with van der Waals surface area (Å²) in [6.07, 6.45) is 1.49. The summed E-state index contributed by atoms with van der Waals surface area (Å²) in [6, 6.07) is 8.21. The minimum absolute atomic E-state index is 0.0108. The van der Waals surface area contributed by atoms with E-state index in [0.717, 1.165) is 16.1 Å². The molecule has 4 rings (SSSR count). The van der Waals surface area contributed by atoms with E-state index < -0.39 is 23.5 Å². The maximum Gasteiger partial charge on any atom is 0.294 e. The number of aromatic nitrogens is 1. The molecule has 1 atom stereocenters. The molecule has 0 bridgehead atoms. The zero-order valence-electron chi connectivity index (χ0n) is 16.5. The molecule has 0 radical (unpaired) electrons. The smallest absolute Gasteiger partial charge is 0.294 e. The van der Waals surface area contributed by atoms with Crippen molar-refractivity contribution in [2.75, 3.05) is 4.90 Å². The molecule has 1 amide bonds. The van der Waals surface area contributed by atoms with Crippen molar-refractivity contribution in [1.82, 2.24) is 4.98 Å². The SMILES string of the molecule is Cc1ccc(N2C(=O)C(O)=C(C(=O)c3sc(C)nc3C)C2c2ccco2)c(C)c1. The van der Waals surface area contributed by atoms with E-state index >= 15 is 0 Å².